The van der Waals surface area contributed by atoms with Crippen LogP contribution in [0.1, 0.15) is 27.6 Å². The predicted molar refractivity (Wildman–Crippen MR) is 114 cm³/mol. The maximum absolute atomic E-state index is 13.4. The van der Waals surface area contributed by atoms with Crippen molar-refractivity contribution in [2.45, 2.75) is 35.9 Å². The molecule has 0 radical (unpaired) electrons. The number of benzene rings is 3. The summed E-state index contributed by atoms with van der Waals surface area (Å²) in [6, 6.07) is 19.4. The molecule has 0 aromatic heterocycles. The van der Waals surface area contributed by atoms with Crippen molar-refractivity contribution in [3.63, 3.8) is 0 Å². The smallest absolute Gasteiger partial charge is 0.222 e. The molecule has 5 nitrogen and oxygen atoms in total. The van der Waals surface area contributed by atoms with E-state index in [1.54, 1.807) is 48.5 Å². The van der Waals surface area contributed by atoms with Crippen molar-refractivity contribution in [2.75, 3.05) is 0 Å². The Morgan fingerprint density at radius 3 is 1.41 bits per heavy atom. The highest BCUT2D eigenvalue weighted by atomic mass is 32.2. The fraction of sp³-hybridized carbons (Fsp3) is 0.182. The third-order valence-electron chi connectivity index (χ3n) is 4.63. The fourth-order valence-electron chi connectivity index (χ4n) is 2.84. The van der Waals surface area contributed by atoms with Gasteiger partial charge in [0.2, 0.25) is 10.0 Å². The van der Waals surface area contributed by atoms with Crippen LogP contribution in [0.25, 0.3) is 0 Å². The first-order valence-electron chi connectivity index (χ1n) is 9.06. The molecule has 0 heterocycles. The Balaban J connectivity index is 2.09. The van der Waals surface area contributed by atoms with E-state index in [-0.39, 0.29) is 9.79 Å². The summed E-state index contributed by atoms with van der Waals surface area (Å²) in [6.07, 6.45) is 0. The molecular formula is C22H23NO4S2. The van der Waals surface area contributed by atoms with Gasteiger partial charge in [-0.3, -0.25) is 0 Å². The molecule has 0 saturated carbocycles. The zero-order chi connectivity index (χ0) is 21.2. The van der Waals surface area contributed by atoms with Crippen molar-refractivity contribution in [2.24, 2.45) is 0 Å². The lowest BCUT2D eigenvalue weighted by Crippen LogP contribution is -2.34. The van der Waals surface area contributed by atoms with E-state index in [2.05, 4.69) is 4.72 Å². The lowest BCUT2D eigenvalue weighted by Gasteiger charge is -2.20. The summed E-state index contributed by atoms with van der Waals surface area (Å²) in [5, 5.41) is -1.45. The van der Waals surface area contributed by atoms with Gasteiger partial charge in [0, 0.05) is 0 Å². The van der Waals surface area contributed by atoms with Gasteiger partial charge in [0.05, 0.1) is 9.79 Å². The second-order valence-corrected chi connectivity index (χ2v) is 10.8. The van der Waals surface area contributed by atoms with Crippen molar-refractivity contribution < 1.29 is 16.8 Å². The van der Waals surface area contributed by atoms with Crippen molar-refractivity contribution in [3.8, 4) is 0 Å². The normalized spacial score (nSPS) is 13.2. The molecule has 3 aromatic carbocycles. The standard InChI is InChI=1S/C22H23NO4S2/c1-16-4-10-19(11-5-16)22(28(24,25)20-12-6-17(2)7-13-20)23-29(26,27)21-14-8-18(3)9-15-21/h4-15,22-23H,1-3H3. The number of nitrogens with one attached hydrogen (secondary N) is 1. The summed E-state index contributed by atoms with van der Waals surface area (Å²) in [7, 11) is -8.09. The van der Waals surface area contributed by atoms with Crippen molar-refractivity contribution in [1.29, 1.82) is 0 Å². The van der Waals surface area contributed by atoms with Crippen molar-refractivity contribution >= 4 is 19.9 Å². The van der Waals surface area contributed by atoms with Gasteiger partial charge in [0.25, 0.3) is 0 Å². The zero-order valence-corrected chi connectivity index (χ0v) is 18.1. The van der Waals surface area contributed by atoms with Crippen LogP contribution in [0.3, 0.4) is 0 Å². The van der Waals surface area contributed by atoms with Crippen LogP contribution in [0.2, 0.25) is 0 Å². The first-order valence-corrected chi connectivity index (χ1v) is 12.1. The lowest BCUT2D eigenvalue weighted by atomic mass is 10.1. The molecule has 0 fully saturated rings. The molecule has 3 aromatic rings. The van der Waals surface area contributed by atoms with E-state index in [9.17, 15) is 16.8 Å². The molecule has 0 aliphatic heterocycles. The van der Waals surface area contributed by atoms with Crippen LogP contribution >= 0.6 is 0 Å². The molecule has 7 heteroatoms. The van der Waals surface area contributed by atoms with Crippen LogP contribution in [-0.2, 0) is 19.9 Å². The molecule has 29 heavy (non-hydrogen) atoms. The monoisotopic (exact) mass is 429 g/mol. The van der Waals surface area contributed by atoms with Gasteiger partial charge in [-0.15, -0.1) is 0 Å². The van der Waals surface area contributed by atoms with Crippen LogP contribution in [0.15, 0.2) is 82.6 Å². The van der Waals surface area contributed by atoms with E-state index >= 15 is 0 Å². The Morgan fingerprint density at radius 2 is 0.966 bits per heavy atom. The van der Waals surface area contributed by atoms with Gasteiger partial charge >= 0.3 is 0 Å². The van der Waals surface area contributed by atoms with Crippen LogP contribution < -0.4 is 4.72 Å². The van der Waals surface area contributed by atoms with Crippen LogP contribution in [0.5, 0.6) is 0 Å². The van der Waals surface area contributed by atoms with Gasteiger partial charge in [-0.25, -0.2) is 16.8 Å². The van der Waals surface area contributed by atoms with E-state index in [1.165, 1.54) is 24.3 Å². The van der Waals surface area contributed by atoms with Gasteiger partial charge in [-0.1, -0.05) is 65.2 Å². The Bertz CT molecular complexity index is 1200. The lowest BCUT2D eigenvalue weighted by molar-refractivity contribution is 0.557. The maximum atomic E-state index is 13.4. The topological polar surface area (TPSA) is 80.3 Å². The highest BCUT2D eigenvalue weighted by molar-refractivity contribution is 7.94. The molecule has 1 unspecified atom stereocenters. The molecular weight excluding hydrogens is 406 g/mol. The summed E-state index contributed by atoms with van der Waals surface area (Å²) in [6.45, 7) is 5.58. The number of sulfonamides is 1. The number of sulfone groups is 1. The molecule has 0 saturated heterocycles. The second-order valence-electron chi connectivity index (χ2n) is 7.08. The number of hydrogen-bond donors (Lipinski definition) is 1. The van der Waals surface area contributed by atoms with E-state index in [1.807, 2.05) is 20.8 Å². The largest absolute Gasteiger partial charge is 0.242 e. The molecule has 1 N–H and O–H groups in total. The van der Waals surface area contributed by atoms with Gasteiger partial charge in [0.1, 0.15) is 0 Å². The minimum Gasteiger partial charge on any atom is -0.222 e. The van der Waals surface area contributed by atoms with Gasteiger partial charge in [-0.2, -0.15) is 4.72 Å². The van der Waals surface area contributed by atoms with Crippen LogP contribution in [-0.4, -0.2) is 16.8 Å². The first-order chi connectivity index (χ1) is 13.6. The third-order valence-corrected chi connectivity index (χ3v) is 8.16. The molecule has 0 bridgehead atoms. The highest BCUT2D eigenvalue weighted by Crippen LogP contribution is 2.29. The average molecular weight is 430 g/mol. The quantitative estimate of drug-likeness (QED) is 0.641. The molecule has 0 aliphatic carbocycles. The SMILES string of the molecule is Cc1ccc(C(NS(=O)(=O)c2ccc(C)cc2)S(=O)(=O)c2ccc(C)cc2)cc1. The molecule has 0 amide bonds. The Hall–Kier alpha value is -2.48. The van der Waals surface area contributed by atoms with Crippen LogP contribution in [0.4, 0.5) is 0 Å². The van der Waals surface area contributed by atoms with Crippen LogP contribution in [0, 0.1) is 20.8 Å². The zero-order valence-electron chi connectivity index (χ0n) is 16.5. The Morgan fingerprint density at radius 1 is 0.586 bits per heavy atom. The first kappa shape index (κ1) is 21.2. The minimum absolute atomic E-state index is 0.0133. The fourth-order valence-corrected chi connectivity index (χ4v) is 6.08. The number of aryl methyl sites for hydroxylation is 3. The Kier molecular flexibility index (Phi) is 5.93. The third kappa shape index (κ3) is 4.75. The maximum Gasteiger partial charge on any atom is 0.242 e. The minimum atomic E-state index is -4.06. The summed E-state index contributed by atoms with van der Waals surface area (Å²) >= 11 is 0. The second kappa shape index (κ2) is 8.10. The van der Waals surface area contributed by atoms with Crippen molar-refractivity contribution in [3.05, 3.63) is 95.1 Å². The van der Waals surface area contributed by atoms with E-state index in [0.29, 0.717) is 5.56 Å². The van der Waals surface area contributed by atoms with E-state index in [0.717, 1.165) is 16.7 Å². The average Bonchev–Trinajstić information content (AvgIpc) is 2.67. The van der Waals surface area contributed by atoms with Gasteiger partial charge in [0.15, 0.2) is 15.2 Å². The molecule has 0 spiro atoms. The van der Waals surface area contributed by atoms with E-state index in [4.69, 9.17) is 0 Å². The molecule has 0 aliphatic rings. The molecule has 152 valence electrons. The molecule has 1 atom stereocenters. The van der Waals surface area contributed by atoms with Gasteiger partial charge in [-0.05, 0) is 50.6 Å². The predicted octanol–water partition coefficient (Wildman–Crippen LogP) is 4.06. The summed E-state index contributed by atoms with van der Waals surface area (Å²) in [5.74, 6) is 0. The Labute approximate surface area is 172 Å². The summed E-state index contributed by atoms with van der Waals surface area (Å²) in [5.41, 5.74) is 3.12. The molecule has 3 rings (SSSR count). The summed E-state index contributed by atoms with van der Waals surface area (Å²) in [4.78, 5) is 0.0691. The van der Waals surface area contributed by atoms with Crippen molar-refractivity contribution in [1.82, 2.24) is 4.72 Å². The highest BCUT2D eigenvalue weighted by Gasteiger charge is 2.33. The van der Waals surface area contributed by atoms with Gasteiger partial charge < -0.3 is 0 Å². The summed E-state index contributed by atoms with van der Waals surface area (Å²) < 4.78 is 55.0. The van der Waals surface area contributed by atoms with E-state index < -0.39 is 25.2 Å². The number of rotatable bonds is 6. The number of hydrogen-bond acceptors (Lipinski definition) is 4.